The van der Waals surface area contributed by atoms with Crippen molar-refractivity contribution in [3.63, 3.8) is 0 Å². The summed E-state index contributed by atoms with van der Waals surface area (Å²) < 4.78 is 5.07. The molecule has 16 heavy (non-hydrogen) atoms. The van der Waals surface area contributed by atoms with Gasteiger partial charge in [0.2, 0.25) is 5.91 Å². The van der Waals surface area contributed by atoms with Crippen LogP contribution in [0.15, 0.2) is 36.4 Å². The van der Waals surface area contributed by atoms with Crippen molar-refractivity contribution in [2.45, 2.75) is 6.92 Å². The lowest BCUT2D eigenvalue weighted by Gasteiger charge is -2.04. The number of anilines is 1. The maximum Gasteiger partial charge on any atom is 0.248 e. The first-order valence-electron chi connectivity index (χ1n) is 4.79. The van der Waals surface area contributed by atoms with Gasteiger partial charge in [-0.05, 0) is 37.3 Å². The van der Waals surface area contributed by atoms with Gasteiger partial charge in [-0.1, -0.05) is 6.08 Å². The van der Waals surface area contributed by atoms with Crippen LogP contribution in [-0.2, 0) is 4.79 Å². The van der Waals surface area contributed by atoms with Crippen LogP contribution in [0.5, 0.6) is 5.75 Å². The molecule has 1 aromatic rings. The normalized spacial score (nSPS) is 9.75. The molecular weight excluding hydrogens is 204 g/mol. The third kappa shape index (κ3) is 3.84. The SMILES string of the molecule is CC=CC(=O)Nc1ccc(OCC#N)cc1. The average Bonchev–Trinajstić information content (AvgIpc) is 2.28. The van der Waals surface area contributed by atoms with Crippen LogP contribution < -0.4 is 10.1 Å². The Labute approximate surface area is 94.1 Å². The Morgan fingerprint density at radius 1 is 1.50 bits per heavy atom. The number of rotatable bonds is 4. The second-order valence-electron chi connectivity index (χ2n) is 2.96. The van der Waals surface area contributed by atoms with Gasteiger partial charge in [-0.2, -0.15) is 5.26 Å². The molecule has 4 nitrogen and oxygen atoms in total. The molecule has 4 heteroatoms. The summed E-state index contributed by atoms with van der Waals surface area (Å²) in [5.74, 6) is 0.429. The van der Waals surface area contributed by atoms with Crippen LogP contribution in [0.1, 0.15) is 6.92 Å². The molecule has 0 aliphatic rings. The first-order valence-corrected chi connectivity index (χ1v) is 4.79. The monoisotopic (exact) mass is 216 g/mol. The minimum absolute atomic E-state index is 0.0181. The van der Waals surface area contributed by atoms with E-state index in [4.69, 9.17) is 10.00 Å². The van der Waals surface area contributed by atoms with Crippen molar-refractivity contribution < 1.29 is 9.53 Å². The molecule has 82 valence electrons. The van der Waals surface area contributed by atoms with Crippen LogP contribution in [0, 0.1) is 11.3 Å². The second kappa shape index (κ2) is 6.25. The molecule has 1 aromatic carbocycles. The molecule has 0 aliphatic carbocycles. The predicted octanol–water partition coefficient (Wildman–Crippen LogP) is 2.10. The fourth-order valence-corrected chi connectivity index (χ4v) is 1.09. The Bertz CT molecular complexity index is 416. The van der Waals surface area contributed by atoms with Crippen molar-refractivity contribution in [1.29, 1.82) is 5.26 Å². The van der Waals surface area contributed by atoms with Gasteiger partial charge in [-0.25, -0.2) is 0 Å². The molecule has 0 heterocycles. The van der Waals surface area contributed by atoms with E-state index >= 15 is 0 Å². The average molecular weight is 216 g/mol. The van der Waals surface area contributed by atoms with E-state index in [9.17, 15) is 4.79 Å². The molecule has 0 bridgehead atoms. The van der Waals surface area contributed by atoms with Gasteiger partial charge in [0.1, 0.15) is 11.8 Å². The quantitative estimate of drug-likeness (QED) is 0.784. The number of nitrogens with zero attached hydrogens (tertiary/aromatic N) is 1. The van der Waals surface area contributed by atoms with Crippen LogP contribution >= 0.6 is 0 Å². The fourth-order valence-electron chi connectivity index (χ4n) is 1.09. The summed E-state index contributed by atoms with van der Waals surface area (Å²) >= 11 is 0. The van der Waals surface area contributed by atoms with Crippen LogP contribution in [0.4, 0.5) is 5.69 Å². The summed E-state index contributed by atoms with van der Waals surface area (Å²) in [7, 11) is 0. The molecule has 0 saturated heterocycles. The molecule has 0 aromatic heterocycles. The van der Waals surface area contributed by atoms with Crippen molar-refractivity contribution in [2.24, 2.45) is 0 Å². The number of carbonyl (C=O) groups is 1. The molecule has 0 aliphatic heterocycles. The lowest BCUT2D eigenvalue weighted by molar-refractivity contribution is -0.111. The van der Waals surface area contributed by atoms with Gasteiger partial charge in [0.25, 0.3) is 0 Å². The van der Waals surface area contributed by atoms with E-state index in [1.165, 1.54) is 6.08 Å². The van der Waals surface area contributed by atoms with Crippen LogP contribution in [0.3, 0.4) is 0 Å². The smallest absolute Gasteiger partial charge is 0.248 e. The summed E-state index contributed by atoms with van der Waals surface area (Å²) in [5.41, 5.74) is 0.687. The molecule has 0 spiro atoms. The van der Waals surface area contributed by atoms with E-state index in [0.29, 0.717) is 11.4 Å². The maximum absolute atomic E-state index is 11.2. The van der Waals surface area contributed by atoms with Gasteiger partial charge >= 0.3 is 0 Å². The topological polar surface area (TPSA) is 62.1 Å². The summed E-state index contributed by atoms with van der Waals surface area (Å²) in [4.78, 5) is 11.2. The summed E-state index contributed by atoms with van der Waals surface area (Å²) in [5, 5.41) is 11.0. The largest absolute Gasteiger partial charge is 0.479 e. The molecule has 0 unspecified atom stereocenters. The number of benzene rings is 1. The zero-order chi connectivity index (χ0) is 11.8. The Hall–Kier alpha value is -2.28. The number of ether oxygens (including phenoxy) is 1. The lowest BCUT2D eigenvalue weighted by atomic mass is 10.3. The van der Waals surface area contributed by atoms with Gasteiger partial charge in [0.15, 0.2) is 6.61 Å². The number of hydrogen-bond acceptors (Lipinski definition) is 3. The van der Waals surface area contributed by atoms with E-state index in [2.05, 4.69) is 5.32 Å². The highest BCUT2D eigenvalue weighted by Gasteiger charge is 1.97. The number of hydrogen-bond donors (Lipinski definition) is 1. The Kier molecular flexibility index (Phi) is 4.61. The van der Waals surface area contributed by atoms with Gasteiger partial charge in [-0.15, -0.1) is 0 Å². The summed E-state index contributed by atoms with van der Waals surface area (Å²) in [6, 6.07) is 8.71. The zero-order valence-corrected chi connectivity index (χ0v) is 8.93. The number of allylic oxidation sites excluding steroid dienone is 1. The van der Waals surface area contributed by atoms with E-state index in [0.717, 1.165) is 0 Å². The fraction of sp³-hybridized carbons (Fsp3) is 0.167. The first-order chi connectivity index (χ1) is 7.76. The Morgan fingerprint density at radius 2 is 2.19 bits per heavy atom. The third-order valence-electron chi connectivity index (χ3n) is 1.74. The molecule has 1 N–H and O–H groups in total. The molecule has 1 amide bonds. The van der Waals surface area contributed by atoms with Crippen molar-refractivity contribution in [3.05, 3.63) is 36.4 Å². The highest BCUT2D eigenvalue weighted by Crippen LogP contribution is 2.15. The molecule has 0 atom stereocenters. The van der Waals surface area contributed by atoms with Crippen LogP contribution in [0.25, 0.3) is 0 Å². The van der Waals surface area contributed by atoms with Gasteiger partial charge in [0, 0.05) is 5.69 Å². The van der Waals surface area contributed by atoms with E-state index in [1.54, 1.807) is 37.3 Å². The third-order valence-corrected chi connectivity index (χ3v) is 1.74. The standard InChI is InChI=1S/C12H12N2O2/c1-2-3-12(15)14-10-4-6-11(7-5-10)16-9-8-13/h2-7H,9H2,1H3,(H,14,15). The minimum Gasteiger partial charge on any atom is -0.479 e. The van der Waals surface area contributed by atoms with Crippen LogP contribution in [-0.4, -0.2) is 12.5 Å². The minimum atomic E-state index is -0.173. The highest BCUT2D eigenvalue weighted by molar-refractivity contribution is 5.99. The number of amides is 1. The Balaban J connectivity index is 2.58. The lowest BCUT2D eigenvalue weighted by Crippen LogP contribution is -2.07. The van der Waals surface area contributed by atoms with Gasteiger partial charge in [0.05, 0.1) is 0 Å². The molecule has 1 rings (SSSR count). The van der Waals surface area contributed by atoms with E-state index < -0.39 is 0 Å². The molecule has 0 fully saturated rings. The zero-order valence-electron chi connectivity index (χ0n) is 8.93. The van der Waals surface area contributed by atoms with E-state index in [1.807, 2.05) is 6.07 Å². The first kappa shape index (κ1) is 11.8. The predicted molar refractivity (Wildman–Crippen MR) is 61.0 cm³/mol. The van der Waals surface area contributed by atoms with Crippen molar-refractivity contribution >= 4 is 11.6 Å². The van der Waals surface area contributed by atoms with Gasteiger partial charge < -0.3 is 10.1 Å². The summed E-state index contributed by atoms with van der Waals surface area (Å²) in [6.07, 6.45) is 3.11. The maximum atomic E-state index is 11.2. The van der Waals surface area contributed by atoms with Crippen LogP contribution in [0.2, 0.25) is 0 Å². The molecular formula is C12H12N2O2. The number of nitrogens with one attached hydrogen (secondary N) is 1. The van der Waals surface area contributed by atoms with Crippen molar-refractivity contribution in [3.8, 4) is 11.8 Å². The number of carbonyl (C=O) groups excluding carboxylic acids is 1. The summed E-state index contributed by atoms with van der Waals surface area (Å²) in [6.45, 7) is 1.79. The van der Waals surface area contributed by atoms with E-state index in [-0.39, 0.29) is 12.5 Å². The van der Waals surface area contributed by atoms with Gasteiger partial charge in [-0.3, -0.25) is 4.79 Å². The van der Waals surface area contributed by atoms with Crippen molar-refractivity contribution in [1.82, 2.24) is 0 Å². The molecule has 0 radical (unpaired) electrons. The highest BCUT2D eigenvalue weighted by atomic mass is 16.5. The second-order valence-corrected chi connectivity index (χ2v) is 2.96. The number of nitriles is 1. The van der Waals surface area contributed by atoms with Crippen molar-refractivity contribution in [2.75, 3.05) is 11.9 Å². The Morgan fingerprint density at radius 3 is 2.75 bits per heavy atom. The molecule has 0 saturated carbocycles.